The number of rotatable bonds is 9. The monoisotopic (exact) mass is 440 g/mol. The van der Waals surface area contributed by atoms with E-state index in [4.69, 9.17) is 4.74 Å². The van der Waals surface area contributed by atoms with Gasteiger partial charge in [0.25, 0.3) is 0 Å². The molecule has 4 bridgehead atoms. The predicted octanol–water partition coefficient (Wildman–Crippen LogP) is 3.91. The molecule has 4 aliphatic rings. The van der Waals surface area contributed by atoms with Gasteiger partial charge >= 0.3 is 5.97 Å². The summed E-state index contributed by atoms with van der Waals surface area (Å²) in [4.78, 5) is 37.5. The van der Waals surface area contributed by atoms with Gasteiger partial charge in [-0.3, -0.25) is 14.4 Å². The van der Waals surface area contributed by atoms with Gasteiger partial charge in [-0.25, -0.2) is 0 Å². The highest BCUT2D eigenvalue weighted by Gasteiger charge is 2.51. The van der Waals surface area contributed by atoms with E-state index < -0.39 is 6.04 Å². The minimum atomic E-state index is -0.491. The minimum absolute atomic E-state index is 0.0300. The van der Waals surface area contributed by atoms with Crippen LogP contribution in [0, 0.1) is 23.2 Å². The lowest BCUT2D eigenvalue weighted by atomic mass is 9.49. The lowest BCUT2D eigenvalue weighted by molar-refractivity contribution is -0.148. The fourth-order valence-corrected chi connectivity index (χ4v) is 6.75. The second-order valence-electron chi connectivity index (χ2n) is 10.6. The summed E-state index contributed by atoms with van der Waals surface area (Å²) in [6, 6.07) is 8.89. The first kappa shape index (κ1) is 22.8. The number of carbonyl (C=O) groups is 3. The Morgan fingerprint density at radius 2 is 1.56 bits per heavy atom. The van der Waals surface area contributed by atoms with E-state index in [1.165, 1.54) is 38.5 Å². The van der Waals surface area contributed by atoms with E-state index in [-0.39, 0.29) is 42.3 Å². The Hall–Kier alpha value is -2.37. The van der Waals surface area contributed by atoms with Gasteiger partial charge in [0.15, 0.2) is 0 Å². The first-order valence-electron chi connectivity index (χ1n) is 12.1. The van der Waals surface area contributed by atoms with Gasteiger partial charge in [-0.05, 0) is 81.1 Å². The van der Waals surface area contributed by atoms with Gasteiger partial charge in [-0.2, -0.15) is 0 Å². The minimum Gasteiger partial charge on any atom is -0.463 e. The van der Waals surface area contributed by atoms with Gasteiger partial charge in [0, 0.05) is 6.42 Å². The Bertz CT molecular complexity index is 800. The topological polar surface area (TPSA) is 84.5 Å². The average Bonchev–Trinajstić information content (AvgIpc) is 2.70. The Kier molecular flexibility index (Phi) is 6.87. The molecule has 0 radical (unpaired) electrons. The first-order valence-corrected chi connectivity index (χ1v) is 12.1. The van der Waals surface area contributed by atoms with Crippen molar-refractivity contribution >= 4 is 17.8 Å². The number of hydrogen-bond donors (Lipinski definition) is 2. The summed E-state index contributed by atoms with van der Waals surface area (Å²) in [6.45, 7) is 3.52. The quantitative estimate of drug-likeness (QED) is 0.570. The van der Waals surface area contributed by atoms with Crippen molar-refractivity contribution in [2.75, 3.05) is 6.54 Å². The molecule has 1 unspecified atom stereocenters. The van der Waals surface area contributed by atoms with Crippen LogP contribution in [0.25, 0.3) is 0 Å². The molecule has 1 atom stereocenters. The van der Waals surface area contributed by atoms with Crippen molar-refractivity contribution in [3.05, 3.63) is 35.9 Å². The third-order valence-electron chi connectivity index (χ3n) is 7.42. The zero-order chi connectivity index (χ0) is 22.7. The van der Waals surface area contributed by atoms with Crippen LogP contribution in [0.2, 0.25) is 0 Å². The number of ether oxygens (including phenoxy) is 1. The second-order valence-corrected chi connectivity index (χ2v) is 10.6. The van der Waals surface area contributed by atoms with Crippen molar-refractivity contribution in [2.24, 2.45) is 23.2 Å². The van der Waals surface area contributed by atoms with Crippen molar-refractivity contribution in [1.29, 1.82) is 0 Å². The molecule has 5 rings (SSSR count). The van der Waals surface area contributed by atoms with Crippen LogP contribution in [0.1, 0.15) is 76.8 Å². The highest BCUT2D eigenvalue weighted by atomic mass is 16.5. The number of amides is 2. The maximum absolute atomic E-state index is 12.7. The van der Waals surface area contributed by atoms with Crippen molar-refractivity contribution in [3.8, 4) is 0 Å². The van der Waals surface area contributed by atoms with Gasteiger partial charge in [-0.1, -0.05) is 30.3 Å². The number of benzene rings is 1. The standard InChI is InChI=1S/C26H36N2O4/c1-17(2)32-25(31)11-22(21-6-4-3-5-7-21)28-24(30)16-27-23(29)15-26-12-18-8-19(13-26)10-20(9-18)14-26/h3-7,17-20,22H,8-16H2,1-2H3,(H,27,29)(H,28,30). The van der Waals surface area contributed by atoms with Crippen molar-refractivity contribution in [1.82, 2.24) is 10.6 Å². The van der Waals surface area contributed by atoms with E-state index in [2.05, 4.69) is 10.6 Å². The molecule has 2 amide bonds. The number of nitrogens with one attached hydrogen (secondary N) is 2. The Morgan fingerprint density at radius 3 is 2.12 bits per heavy atom. The molecule has 32 heavy (non-hydrogen) atoms. The molecule has 1 aromatic rings. The summed E-state index contributed by atoms with van der Waals surface area (Å²) in [5, 5.41) is 5.73. The van der Waals surface area contributed by atoms with Gasteiger partial charge in [0.05, 0.1) is 25.1 Å². The first-order chi connectivity index (χ1) is 15.3. The summed E-state index contributed by atoms with van der Waals surface area (Å²) in [6.07, 6.45) is 7.95. The van der Waals surface area contributed by atoms with Crippen molar-refractivity contribution in [3.63, 3.8) is 0 Å². The van der Waals surface area contributed by atoms with Gasteiger partial charge in [0.1, 0.15) is 0 Å². The molecule has 0 heterocycles. The highest BCUT2D eigenvalue weighted by Crippen LogP contribution is 2.61. The third-order valence-corrected chi connectivity index (χ3v) is 7.42. The maximum Gasteiger partial charge on any atom is 0.308 e. The van der Waals surface area contributed by atoms with E-state index in [0.717, 1.165) is 23.3 Å². The molecular weight excluding hydrogens is 404 g/mol. The fourth-order valence-electron chi connectivity index (χ4n) is 6.75. The molecule has 4 saturated carbocycles. The summed E-state index contributed by atoms with van der Waals surface area (Å²) in [5.41, 5.74) is 0.990. The molecule has 174 valence electrons. The van der Waals surface area contributed by atoms with Crippen LogP contribution >= 0.6 is 0 Å². The van der Waals surface area contributed by atoms with Crippen LogP contribution in [0.4, 0.5) is 0 Å². The van der Waals surface area contributed by atoms with Crippen molar-refractivity contribution in [2.45, 2.75) is 77.4 Å². The molecule has 4 aliphatic carbocycles. The Morgan fingerprint density at radius 1 is 0.969 bits per heavy atom. The van der Waals surface area contributed by atoms with Crippen LogP contribution in [-0.4, -0.2) is 30.4 Å². The maximum atomic E-state index is 12.7. The van der Waals surface area contributed by atoms with E-state index in [1.54, 1.807) is 13.8 Å². The summed E-state index contributed by atoms with van der Waals surface area (Å²) < 4.78 is 5.26. The summed E-state index contributed by atoms with van der Waals surface area (Å²) in [5.74, 6) is 1.71. The number of carbonyl (C=O) groups excluding carboxylic acids is 3. The molecule has 0 aliphatic heterocycles. The lowest BCUT2D eigenvalue weighted by Gasteiger charge is -2.56. The van der Waals surface area contributed by atoms with Gasteiger partial charge in [-0.15, -0.1) is 0 Å². The van der Waals surface area contributed by atoms with E-state index in [0.29, 0.717) is 6.42 Å². The molecule has 6 heteroatoms. The summed E-state index contributed by atoms with van der Waals surface area (Å²) in [7, 11) is 0. The highest BCUT2D eigenvalue weighted by molar-refractivity contribution is 5.85. The van der Waals surface area contributed by atoms with E-state index in [9.17, 15) is 14.4 Å². The van der Waals surface area contributed by atoms with Gasteiger partial charge in [0.2, 0.25) is 11.8 Å². The van der Waals surface area contributed by atoms with Crippen LogP contribution in [-0.2, 0) is 19.1 Å². The molecule has 0 saturated heterocycles. The molecule has 2 N–H and O–H groups in total. The largest absolute Gasteiger partial charge is 0.463 e. The zero-order valence-corrected chi connectivity index (χ0v) is 19.3. The molecule has 0 spiro atoms. The predicted molar refractivity (Wildman–Crippen MR) is 121 cm³/mol. The lowest BCUT2D eigenvalue weighted by Crippen LogP contribution is -2.48. The average molecular weight is 441 g/mol. The number of hydrogen-bond acceptors (Lipinski definition) is 4. The second kappa shape index (κ2) is 9.63. The van der Waals surface area contributed by atoms with Gasteiger partial charge < -0.3 is 15.4 Å². The Labute approximate surface area is 190 Å². The molecule has 6 nitrogen and oxygen atoms in total. The molecule has 4 fully saturated rings. The Balaban J connectivity index is 1.29. The SMILES string of the molecule is CC(C)OC(=O)CC(NC(=O)CNC(=O)CC12CC3CC(CC(C3)C1)C2)c1ccccc1. The smallest absolute Gasteiger partial charge is 0.308 e. The van der Waals surface area contributed by atoms with Crippen LogP contribution in [0.5, 0.6) is 0 Å². The molecule has 0 aromatic heterocycles. The fraction of sp³-hybridized carbons (Fsp3) is 0.654. The van der Waals surface area contributed by atoms with E-state index >= 15 is 0 Å². The zero-order valence-electron chi connectivity index (χ0n) is 19.3. The number of esters is 1. The molecule has 1 aromatic carbocycles. The third kappa shape index (κ3) is 5.70. The normalized spacial score (nSPS) is 28.9. The van der Waals surface area contributed by atoms with Crippen LogP contribution < -0.4 is 10.6 Å². The van der Waals surface area contributed by atoms with E-state index in [1.807, 2.05) is 30.3 Å². The van der Waals surface area contributed by atoms with Crippen LogP contribution in [0.15, 0.2) is 30.3 Å². The van der Waals surface area contributed by atoms with Crippen LogP contribution in [0.3, 0.4) is 0 Å². The summed E-state index contributed by atoms with van der Waals surface area (Å²) >= 11 is 0. The van der Waals surface area contributed by atoms with Crippen molar-refractivity contribution < 1.29 is 19.1 Å². The molecular formula is C26H36N2O4.